The van der Waals surface area contributed by atoms with E-state index in [4.69, 9.17) is 4.74 Å². The molecule has 0 saturated heterocycles. The molecule has 3 aromatic carbocycles. The van der Waals surface area contributed by atoms with Crippen molar-refractivity contribution in [1.82, 2.24) is 0 Å². The minimum Gasteiger partial charge on any atom is -0.506 e. The molecule has 0 atom stereocenters. The summed E-state index contributed by atoms with van der Waals surface area (Å²) >= 11 is 6.89. The summed E-state index contributed by atoms with van der Waals surface area (Å²) in [6.45, 7) is 7.02. The van der Waals surface area contributed by atoms with E-state index in [0.29, 0.717) is 47.9 Å². The number of aromatic hydroxyl groups is 2. The van der Waals surface area contributed by atoms with Crippen LogP contribution in [0.1, 0.15) is 59.7 Å². The predicted molar refractivity (Wildman–Crippen MR) is 129 cm³/mol. The third-order valence-corrected chi connectivity index (χ3v) is 8.16. The topological polar surface area (TPSA) is 104 Å². The van der Waals surface area contributed by atoms with Gasteiger partial charge in [-0.05, 0) is 112 Å². The lowest BCUT2D eigenvalue weighted by molar-refractivity contribution is 0.0247. The van der Waals surface area contributed by atoms with Gasteiger partial charge in [-0.1, -0.05) is 0 Å². The fourth-order valence-corrected chi connectivity index (χ4v) is 5.45. The summed E-state index contributed by atoms with van der Waals surface area (Å²) in [5, 5.41) is 30.6. The lowest BCUT2D eigenvalue weighted by atomic mass is 9.75. The van der Waals surface area contributed by atoms with Crippen LogP contribution < -0.4 is 0 Å². The second kappa shape index (κ2) is 7.88. The van der Waals surface area contributed by atoms with E-state index in [1.807, 2.05) is 0 Å². The molecule has 0 aliphatic carbocycles. The number of aromatic carboxylic acids is 1. The van der Waals surface area contributed by atoms with Crippen LogP contribution in [0.2, 0.25) is 0 Å². The van der Waals surface area contributed by atoms with Crippen LogP contribution in [0.3, 0.4) is 0 Å². The van der Waals surface area contributed by atoms with Gasteiger partial charge in [0, 0.05) is 16.7 Å². The summed E-state index contributed by atoms with van der Waals surface area (Å²) in [7, 11) is 0. The number of rotatable bonds is 3. The number of carbonyl (C=O) groups is 2. The summed E-state index contributed by atoms with van der Waals surface area (Å²) in [5.41, 5.74) is 2.63. The zero-order valence-corrected chi connectivity index (χ0v) is 21.4. The Hall–Kier alpha value is -2.84. The maximum atomic E-state index is 13.1. The van der Waals surface area contributed by atoms with E-state index in [-0.39, 0.29) is 22.6 Å². The van der Waals surface area contributed by atoms with Crippen molar-refractivity contribution in [3.05, 3.63) is 89.3 Å². The normalized spacial score (nSPS) is 14.2. The molecule has 0 radical (unpaired) electrons. The average molecular weight is 576 g/mol. The third kappa shape index (κ3) is 3.27. The Morgan fingerprint density at radius 2 is 1.33 bits per heavy atom. The summed E-state index contributed by atoms with van der Waals surface area (Å²) in [5.74, 6) is -1.60. The van der Waals surface area contributed by atoms with Gasteiger partial charge in [-0.2, -0.15) is 0 Å². The Kier molecular flexibility index (Phi) is 5.57. The van der Waals surface area contributed by atoms with Crippen molar-refractivity contribution in [3.63, 3.8) is 0 Å². The zero-order chi connectivity index (χ0) is 24.4. The van der Waals surface area contributed by atoms with Crippen LogP contribution in [-0.4, -0.2) is 27.3 Å². The van der Waals surface area contributed by atoms with Gasteiger partial charge in [0.2, 0.25) is 0 Å². The van der Waals surface area contributed by atoms with Crippen LogP contribution in [0.15, 0.2) is 39.3 Å². The number of ether oxygens (including phenoxy) is 1. The molecule has 1 heterocycles. The molecule has 0 amide bonds. The van der Waals surface area contributed by atoms with Gasteiger partial charge in [0.1, 0.15) is 11.5 Å². The number of aryl methyl sites for hydroxylation is 2. The Balaban J connectivity index is 2.24. The van der Waals surface area contributed by atoms with E-state index in [2.05, 4.69) is 31.9 Å². The lowest BCUT2D eigenvalue weighted by Crippen LogP contribution is -2.32. The SMILES string of the molecule is Cc1cc(C2(c3cc(C)c(O)c(Br)c3C)OC(=O)c3ccc(C(=O)O)cc32)c(C)c(Br)c1O. The molecule has 0 saturated carbocycles. The number of carboxylic acid groups (broad SMARTS) is 1. The molecule has 6 nitrogen and oxygen atoms in total. The molecule has 1 aliphatic heterocycles. The van der Waals surface area contributed by atoms with Crippen molar-refractivity contribution < 1.29 is 29.6 Å². The fraction of sp³-hybridized carbons (Fsp3) is 0.200. The maximum absolute atomic E-state index is 13.1. The molecule has 0 unspecified atom stereocenters. The Labute approximate surface area is 207 Å². The van der Waals surface area contributed by atoms with Crippen LogP contribution in [0.4, 0.5) is 0 Å². The van der Waals surface area contributed by atoms with Gasteiger partial charge < -0.3 is 20.1 Å². The van der Waals surface area contributed by atoms with E-state index < -0.39 is 17.5 Å². The number of fused-ring (bicyclic) bond motifs is 1. The number of cyclic esters (lactones) is 1. The number of phenolic OH excluding ortho intramolecular Hbond substituents is 2. The summed E-state index contributed by atoms with van der Waals surface area (Å²) in [6, 6.07) is 7.75. The number of carbonyl (C=O) groups excluding carboxylic acids is 1. The van der Waals surface area contributed by atoms with Crippen molar-refractivity contribution in [3.8, 4) is 11.5 Å². The zero-order valence-electron chi connectivity index (χ0n) is 18.2. The van der Waals surface area contributed by atoms with E-state index >= 15 is 0 Å². The summed E-state index contributed by atoms with van der Waals surface area (Å²) in [4.78, 5) is 24.9. The number of halogens is 2. The first-order valence-electron chi connectivity index (χ1n) is 10.0. The van der Waals surface area contributed by atoms with E-state index in [1.165, 1.54) is 18.2 Å². The largest absolute Gasteiger partial charge is 0.506 e. The number of hydrogen-bond donors (Lipinski definition) is 3. The quantitative estimate of drug-likeness (QED) is 0.330. The predicted octanol–water partition coefficient (Wildman–Crippen LogP) is 6.02. The van der Waals surface area contributed by atoms with Gasteiger partial charge in [0.15, 0.2) is 5.60 Å². The third-order valence-electron chi connectivity index (χ3n) is 6.22. The molecule has 8 heteroatoms. The van der Waals surface area contributed by atoms with E-state index in [9.17, 15) is 24.9 Å². The van der Waals surface area contributed by atoms with E-state index in [1.54, 1.807) is 39.8 Å². The molecular formula is C25H20Br2O6. The first-order valence-corrected chi connectivity index (χ1v) is 11.6. The minimum atomic E-state index is -1.51. The van der Waals surface area contributed by atoms with E-state index in [0.717, 1.165) is 0 Å². The van der Waals surface area contributed by atoms with Crippen LogP contribution in [0.25, 0.3) is 0 Å². The molecule has 1 aliphatic rings. The second-order valence-electron chi connectivity index (χ2n) is 8.19. The van der Waals surface area contributed by atoms with Gasteiger partial charge in [0.25, 0.3) is 0 Å². The van der Waals surface area contributed by atoms with Crippen molar-refractivity contribution >= 4 is 43.8 Å². The number of esters is 1. The number of carboxylic acids is 1. The van der Waals surface area contributed by atoms with Crippen molar-refractivity contribution in [2.24, 2.45) is 0 Å². The first-order chi connectivity index (χ1) is 15.4. The first kappa shape index (κ1) is 23.3. The van der Waals surface area contributed by atoms with Gasteiger partial charge in [0.05, 0.1) is 20.1 Å². The second-order valence-corrected chi connectivity index (χ2v) is 9.78. The van der Waals surface area contributed by atoms with Crippen molar-refractivity contribution in [2.45, 2.75) is 33.3 Å². The average Bonchev–Trinajstić information content (AvgIpc) is 3.08. The Bertz CT molecular complexity index is 1310. The molecular weight excluding hydrogens is 556 g/mol. The van der Waals surface area contributed by atoms with Gasteiger partial charge in [-0.25, -0.2) is 9.59 Å². The fourth-order valence-electron chi connectivity index (χ4n) is 4.40. The van der Waals surface area contributed by atoms with Gasteiger partial charge in [-0.3, -0.25) is 0 Å². The highest BCUT2D eigenvalue weighted by molar-refractivity contribution is 9.11. The molecule has 3 aromatic rings. The highest BCUT2D eigenvalue weighted by Gasteiger charge is 2.51. The van der Waals surface area contributed by atoms with Crippen LogP contribution >= 0.6 is 31.9 Å². The highest BCUT2D eigenvalue weighted by atomic mass is 79.9. The smallest absolute Gasteiger partial charge is 0.340 e. The summed E-state index contributed by atoms with van der Waals surface area (Å²) < 4.78 is 7.05. The molecule has 0 aromatic heterocycles. The molecule has 0 spiro atoms. The molecule has 4 rings (SSSR count). The molecule has 3 N–H and O–H groups in total. The van der Waals surface area contributed by atoms with Crippen LogP contribution in [-0.2, 0) is 10.3 Å². The molecule has 0 bridgehead atoms. The Morgan fingerprint density at radius 1 is 0.848 bits per heavy atom. The molecule has 170 valence electrons. The van der Waals surface area contributed by atoms with Crippen LogP contribution in [0, 0.1) is 27.7 Å². The standard InChI is InChI=1S/C25H20Br2O6/c1-10-7-16(12(3)19(26)21(10)28)25(17-8-11(2)22(29)20(27)13(17)4)18-9-14(23(30)31)5-6-15(18)24(32)33-25/h5-9,28-29H,1-4H3,(H,30,31). The Morgan fingerprint density at radius 3 is 1.79 bits per heavy atom. The maximum Gasteiger partial charge on any atom is 0.340 e. The van der Waals surface area contributed by atoms with Gasteiger partial charge in [-0.15, -0.1) is 0 Å². The summed E-state index contributed by atoms with van der Waals surface area (Å²) in [6.07, 6.45) is 0. The molecule has 33 heavy (non-hydrogen) atoms. The highest BCUT2D eigenvalue weighted by Crippen LogP contribution is 2.53. The van der Waals surface area contributed by atoms with Crippen molar-refractivity contribution in [1.29, 1.82) is 0 Å². The van der Waals surface area contributed by atoms with Crippen molar-refractivity contribution in [2.75, 3.05) is 0 Å². The minimum absolute atomic E-state index is 0.0101. The number of benzene rings is 3. The number of hydrogen-bond acceptors (Lipinski definition) is 5. The lowest BCUT2D eigenvalue weighted by Gasteiger charge is -2.34. The molecule has 0 fully saturated rings. The number of phenols is 2. The monoisotopic (exact) mass is 574 g/mol. The van der Waals surface area contributed by atoms with Gasteiger partial charge >= 0.3 is 11.9 Å². The van der Waals surface area contributed by atoms with Crippen LogP contribution in [0.5, 0.6) is 11.5 Å².